The number of halogens is 3. The Morgan fingerprint density at radius 3 is 2.34 bits per heavy atom. The highest BCUT2D eigenvalue weighted by Crippen LogP contribution is 2.31. The van der Waals surface area contributed by atoms with Crippen LogP contribution >= 0.6 is 0 Å². The van der Waals surface area contributed by atoms with Crippen LogP contribution in [0.5, 0.6) is 5.75 Å². The van der Waals surface area contributed by atoms with Gasteiger partial charge in [0.05, 0.1) is 5.69 Å². The van der Waals surface area contributed by atoms with E-state index >= 15 is 0 Å². The van der Waals surface area contributed by atoms with Gasteiger partial charge in [-0.3, -0.25) is 4.79 Å². The predicted molar refractivity (Wildman–Crippen MR) is 97.3 cm³/mol. The highest BCUT2D eigenvalue weighted by molar-refractivity contribution is 6.01. The summed E-state index contributed by atoms with van der Waals surface area (Å²) in [5.41, 5.74) is -0.250. The Bertz CT molecular complexity index is 1190. The molecule has 2 aromatic heterocycles. The quantitative estimate of drug-likeness (QED) is 0.512. The average molecular weight is 399 g/mol. The molecule has 0 bridgehead atoms. The Morgan fingerprint density at radius 1 is 1.00 bits per heavy atom. The maximum absolute atomic E-state index is 13.6. The Morgan fingerprint density at radius 2 is 1.69 bits per heavy atom. The van der Waals surface area contributed by atoms with E-state index in [4.69, 9.17) is 0 Å². The van der Waals surface area contributed by atoms with Gasteiger partial charge >= 0.3 is 6.18 Å². The first-order chi connectivity index (χ1) is 13.8. The van der Waals surface area contributed by atoms with Crippen LogP contribution in [0.1, 0.15) is 16.3 Å². The number of nitrogens with one attached hydrogen (secondary N) is 1. The van der Waals surface area contributed by atoms with Crippen molar-refractivity contribution < 1.29 is 23.1 Å². The predicted octanol–water partition coefficient (Wildman–Crippen LogP) is 3.77. The lowest BCUT2D eigenvalue weighted by Crippen LogP contribution is -2.16. The zero-order valence-electron chi connectivity index (χ0n) is 14.6. The third-order valence-corrected chi connectivity index (χ3v) is 4.00. The molecule has 0 atom stereocenters. The molecule has 0 saturated carbocycles. The Kier molecular flexibility index (Phi) is 4.38. The van der Waals surface area contributed by atoms with Crippen molar-refractivity contribution in [1.29, 1.82) is 0 Å². The summed E-state index contributed by atoms with van der Waals surface area (Å²) in [6.45, 7) is 0. The molecule has 0 aliphatic heterocycles. The lowest BCUT2D eigenvalue weighted by atomic mass is 10.1. The van der Waals surface area contributed by atoms with E-state index in [1.165, 1.54) is 24.3 Å². The Balaban J connectivity index is 1.77. The number of anilines is 1. The largest absolute Gasteiger partial charge is 0.508 e. The minimum atomic E-state index is -4.73. The van der Waals surface area contributed by atoms with Crippen LogP contribution in [0.4, 0.5) is 18.9 Å². The number of benzene rings is 2. The number of hydrogen-bond acceptors (Lipinski definition) is 5. The molecule has 10 heteroatoms. The van der Waals surface area contributed by atoms with Gasteiger partial charge in [0.15, 0.2) is 5.69 Å². The van der Waals surface area contributed by atoms with Crippen molar-refractivity contribution in [2.24, 2.45) is 0 Å². The van der Waals surface area contributed by atoms with Crippen LogP contribution in [0, 0.1) is 0 Å². The molecule has 2 heterocycles. The van der Waals surface area contributed by atoms with Gasteiger partial charge in [-0.2, -0.15) is 22.7 Å². The molecular weight excluding hydrogens is 387 g/mol. The summed E-state index contributed by atoms with van der Waals surface area (Å²) in [7, 11) is 0. The third kappa shape index (κ3) is 3.72. The molecule has 0 aliphatic carbocycles. The van der Waals surface area contributed by atoms with Crippen molar-refractivity contribution in [3.05, 3.63) is 72.2 Å². The first kappa shape index (κ1) is 18.4. The smallest absolute Gasteiger partial charge is 0.433 e. The van der Waals surface area contributed by atoms with Crippen molar-refractivity contribution in [3.8, 4) is 17.0 Å². The monoisotopic (exact) mass is 399 g/mol. The molecule has 146 valence electrons. The number of phenolic OH excluding ortho intramolecular Hbond substituents is 1. The van der Waals surface area contributed by atoms with Crippen LogP contribution in [0.15, 0.2) is 60.7 Å². The van der Waals surface area contributed by atoms with Gasteiger partial charge in [-0.15, -0.1) is 5.10 Å². The van der Waals surface area contributed by atoms with Gasteiger partial charge in [-0.05, 0) is 30.3 Å². The summed E-state index contributed by atoms with van der Waals surface area (Å²) in [5, 5.41) is 15.4. The average Bonchev–Trinajstić information content (AvgIpc) is 3.13. The molecule has 0 spiro atoms. The summed E-state index contributed by atoms with van der Waals surface area (Å²) < 4.78 is 41.2. The lowest BCUT2D eigenvalue weighted by molar-refractivity contribution is -0.142. The maximum Gasteiger partial charge on any atom is 0.433 e. The van der Waals surface area contributed by atoms with Crippen molar-refractivity contribution in [1.82, 2.24) is 19.6 Å². The highest BCUT2D eigenvalue weighted by Gasteiger charge is 2.36. The number of amides is 1. The van der Waals surface area contributed by atoms with E-state index in [0.29, 0.717) is 15.8 Å². The van der Waals surface area contributed by atoms with Gasteiger partial charge in [0.1, 0.15) is 5.75 Å². The zero-order valence-corrected chi connectivity index (χ0v) is 14.6. The second-order valence-corrected chi connectivity index (χ2v) is 6.04. The fourth-order valence-electron chi connectivity index (χ4n) is 2.66. The molecular formula is C19H12F3N5O2. The molecule has 2 aromatic carbocycles. The molecule has 0 saturated heterocycles. The maximum atomic E-state index is 13.6. The van der Waals surface area contributed by atoms with E-state index in [0.717, 1.165) is 6.07 Å². The zero-order chi connectivity index (χ0) is 20.6. The van der Waals surface area contributed by atoms with Crippen LogP contribution < -0.4 is 5.32 Å². The molecule has 4 aromatic rings. The fourth-order valence-corrected chi connectivity index (χ4v) is 2.66. The molecule has 1 amide bonds. The molecule has 4 rings (SSSR count). The second kappa shape index (κ2) is 6.89. The number of hydrogen-bond donors (Lipinski definition) is 2. The van der Waals surface area contributed by atoms with Gasteiger partial charge in [0, 0.05) is 11.3 Å². The summed E-state index contributed by atoms with van der Waals surface area (Å²) in [6, 6.07) is 14.7. The number of aromatic nitrogens is 4. The molecule has 0 unspecified atom stereocenters. The van der Waals surface area contributed by atoms with E-state index in [1.807, 2.05) is 0 Å². The van der Waals surface area contributed by atoms with E-state index in [9.17, 15) is 23.1 Å². The number of nitrogens with zero attached hydrogens (tertiary/aromatic N) is 4. The number of aromatic hydroxyl groups is 1. The number of carbonyl (C=O) groups excluding carboxylic acids is 1. The molecule has 2 N–H and O–H groups in total. The fraction of sp³-hybridized carbons (Fsp3) is 0.0526. The van der Waals surface area contributed by atoms with Gasteiger partial charge in [0.2, 0.25) is 5.82 Å². The number of alkyl halides is 3. The van der Waals surface area contributed by atoms with Crippen LogP contribution in [-0.2, 0) is 6.18 Å². The van der Waals surface area contributed by atoms with Crippen molar-refractivity contribution >= 4 is 17.4 Å². The summed E-state index contributed by atoms with van der Waals surface area (Å²) in [5.74, 6) is -1.63. The van der Waals surface area contributed by atoms with E-state index < -0.39 is 23.6 Å². The summed E-state index contributed by atoms with van der Waals surface area (Å²) >= 11 is 0. The van der Waals surface area contributed by atoms with Gasteiger partial charge < -0.3 is 10.4 Å². The van der Waals surface area contributed by atoms with Gasteiger partial charge in [-0.1, -0.05) is 30.3 Å². The Hall–Kier alpha value is -3.95. The van der Waals surface area contributed by atoms with Crippen LogP contribution in [-0.4, -0.2) is 30.6 Å². The van der Waals surface area contributed by atoms with Gasteiger partial charge in [0.25, 0.3) is 11.7 Å². The molecule has 7 nitrogen and oxygen atoms in total. The van der Waals surface area contributed by atoms with E-state index in [1.54, 1.807) is 30.3 Å². The van der Waals surface area contributed by atoms with Crippen LogP contribution in [0.2, 0.25) is 0 Å². The van der Waals surface area contributed by atoms with Crippen molar-refractivity contribution in [3.63, 3.8) is 0 Å². The normalized spacial score (nSPS) is 11.6. The summed E-state index contributed by atoms with van der Waals surface area (Å²) in [4.78, 5) is 20.3. The number of fused-ring (bicyclic) bond motifs is 1. The van der Waals surface area contributed by atoms with Crippen molar-refractivity contribution in [2.75, 3.05) is 5.32 Å². The van der Waals surface area contributed by atoms with Gasteiger partial charge in [-0.25, -0.2) is 4.98 Å². The first-order valence-electron chi connectivity index (χ1n) is 8.32. The Labute approximate surface area is 161 Å². The van der Waals surface area contributed by atoms with Crippen molar-refractivity contribution in [2.45, 2.75) is 6.18 Å². The minimum absolute atomic E-state index is 0.00122. The van der Waals surface area contributed by atoms with Crippen LogP contribution in [0.3, 0.4) is 0 Å². The molecule has 0 radical (unpaired) electrons. The number of rotatable bonds is 3. The highest BCUT2D eigenvalue weighted by atomic mass is 19.4. The first-order valence-corrected chi connectivity index (χ1v) is 8.32. The summed E-state index contributed by atoms with van der Waals surface area (Å²) in [6.07, 6.45) is -4.73. The second-order valence-electron chi connectivity index (χ2n) is 6.04. The lowest BCUT2D eigenvalue weighted by Gasteiger charge is -2.10. The van der Waals surface area contributed by atoms with E-state index in [2.05, 4.69) is 20.4 Å². The standard InChI is InChI=1S/C19H12F3N5O2/c20-19(21,22)15-10-14(11-4-2-1-3-5-11)24-18-25-16(26-27(15)18)17(29)23-12-6-8-13(28)9-7-12/h1-10,28H,(H,23,29). The number of carbonyl (C=O) groups is 1. The van der Waals surface area contributed by atoms with Crippen LogP contribution in [0.25, 0.3) is 17.0 Å². The number of phenols is 1. The topological polar surface area (TPSA) is 92.4 Å². The molecule has 0 aliphatic rings. The third-order valence-electron chi connectivity index (χ3n) is 4.00. The molecule has 29 heavy (non-hydrogen) atoms. The molecule has 0 fully saturated rings. The SMILES string of the molecule is O=C(Nc1ccc(O)cc1)c1nc2nc(-c3ccccc3)cc(C(F)(F)F)n2n1. The minimum Gasteiger partial charge on any atom is -0.508 e. The van der Waals surface area contributed by atoms with E-state index in [-0.39, 0.29) is 17.2 Å².